The number of fused-ring (bicyclic) bond motifs is 1. The molecule has 2 nitrogen and oxygen atoms in total. The number of benzene rings is 1. The molecule has 0 fully saturated rings. The van der Waals surface area contributed by atoms with Crippen molar-refractivity contribution in [3.63, 3.8) is 0 Å². The lowest BCUT2D eigenvalue weighted by atomic mass is 9.99. The van der Waals surface area contributed by atoms with Crippen LogP contribution in [0.3, 0.4) is 0 Å². The summed E-state index contributed by atoms with van der Waals surface area (Å²) in [5.74, 6) is 0. The van der Waals surface area contributed by atoms with Gasteiger partial charge in [0, 0.05) is 24.4 Å². The van der Waals surface area contributed by atoms with Gasteiger partial charge in [-0.2, -0.15) is 0 Å². The summed E-state index contributed by atoms with van der Waals surface area (Å²) in [4.78, 5) is 2.33. The number of thiophene rings is 1. The quantitative estimate of drug-likeness (QED) is 0.823. The lowest BCUT2D eigenvalue weighted by Gasteiger charge is -2.33. The van der Waals surface area contributed by atoms with Crippen molar-refractivity contribution in [2.75, 3.05) is 23.8 Å². The highest BCUT2D eigenvalue weighted by Gasteiger charge is 2.23. The summed E-state index contributed by atoms with van der Waals surface area (Å²) < 4.78 is 0. The van der Waals surface area contributed by atoms with Crippen LogP contribution in [0.25, 0.3) is 0 Å². The molecule has 0 saturated heterocycles. The standard InChI is InChI=1S/C14H16N2S/c1-10-5-3-4-6-11(10)12-7-16(2)14-9-17-8-13(14)15-12/h3-6,8-9,12,15H,7H2,1-2H3. The van der Waals surface area contributed by atoms with Gasteiger partial charge >= 0.3 is 0 Å². The SMILES string of the molecule is Cc1ccccc1C1CN(C)c2cscc2N1. The van der Waals surface area contributed by atoms with E-state index in [4.69, 9.17) is 0 Å². The molecule has 1 aromatic carbocycles. The van der Waals surface area contributed by atoms with Gasteiger partial charge in [-0.1, -0.05) is 24.3 Å². The zero-order valence-electron chi connectivity index (χ0n) is 10.1. The highest BCUT2D eigenvalue weighted by molar-refractivity contribution is 7.09. The molecule has 0 aliphatic carbocycles. The predicted octanol–water partition coefficient (Wildman–Crippen LogP) is 3.66. The van der Waals surface area contributed by atoms with Crippen molar-refractivity contribution in [3.8, 4) is 0 Å². The molecule has 1 unspecified atom stereocenters. The second kappa shape index (κ2) is 4.08. The Morgan fingerprint density at radius 3 is 2.94 bits per heavy atom. The van der Waals surface area contributed by atoms with E-state index in [2.05, 4.69) is 59.2 Å². The number of hydrogen-bond donors (Lipinski definition) is 1. The fraction of sp³-hybridized carbons (Fsp3) is 0.286. The number of likely N-dealkylation sites (N-methyl/N-ethyl adjacent to an activating group) is 1. The maximum absolute atomic E-state index is 3.63. The Kier molecular flexibility index (Phi) is 2.56. The molecule has 1 aliphatic rings. The largest absolute Gasteiger partial charge is 0.374 e. The summed E-state index contributed by atoms with van der Waals surface area (Å²) in [6.45, 7) is 3.20. The van der Waals surface area contributed by atoms with Crippen LogP contribution in [-0.2, 0) is 0 Å². The van der Waals surface area contributed by atoms with E-state index in [1.54, 1.807) is 11.3 Å². The topological polar surface area (TPSA) is 15.3 Å². The number of anilines is 2. The Labute approximate surface area is 106 Å². The summed E-state index contributed by atoms with van der Waals surface area (Å²) >= 11 is 1.76. The molecule has 17 heavy (non-hydrogen) atoms. The minimum absolute atomic E-state index is 0.392. The van der Waals surface area contributed by atoms with Crippen molar-refractivity contribution in [1.29, 1.82) is 0 Å². The smallest absolute Gasteiger partial charge is 0.0709 e. The van der Waals surface area contributed by atoms with Gasteiger partial charge in [-0.25, -0.2) is 0 Å². The van der Waals surface area contributed by atoms with Gasteiger partial charge in [0.2, 0.25) is 0 Å². The Balaban J connectivity index is 1.96. The summed E-state index contributed by atoms with van der Waals surface area (Å²) in [6, 6.07) is 9.01. The van der Waals surface area contributed by atoms with E-state index in [1.165, 1.54) is 22.5 Å². The summed E-state index contributed by atoms with van der Waals surface area (Å²) in [5.41, 5.74) is 5.34. The number of rotatable bonds is 1. The highest BCUT2D eigenvalue weighted by Crippen LogP contribution is 2.37. The molecule has 3 rings (SSSR count). The molecule has 1 atom stereocenters. The van der Waals surface area contributed by atoms with Crippen LogP contribution in [0.1, 0.15) is 17.2 Å². The van der Waals surface area contributed by atoms with Crippen LogP contribution in [0, 0.1) is 6.92 Å². The first-order valence-electron chi connectivity index (χ1n) is 5.85. The minimum atomic E-state index is 0.392. The van der Waals surface area contributed by atoms with Crippen molar-refractivity contribution in [2.45, 2.75) is 13.0 Å². The molecule has 1 aliphatic heterocycles. The van der Waals surface area contributed by atoms with E-state index >= 15 is 0 Å². The molecule has 0 amide bonds. The lowest BCUT2D eigenvalue weighted by Crippen LogP contribution is -2.33. The first-order chi connectivity index (χ1) is 8.25. The van der Waals surface area contributed by atoms with Gasteiger partial charge in [0.15, 0.2) is 0 Å². The third kappa shape index (κ3) is 1.80. The monoisotopic (exact) mass is 244 g/mol. The molecule has 1 N–H and O–H groups in total. The minimum Gasteiger partial charge on any atom is -0.374 e. The third-order valence-electron chi connectivity index (χ3n) is 3.40. The molecule has 0 bridgehead atoms. The molecule has 2 heterocycles. The molecule has 1 aromatic heterocycles. The zero-order chi connectivity index (χ0) is 11.8. The first-order valence-corrected chi connectivity index (χ1v) is 6.79. The lowest BCUT2D eigenvalue weighted by molar-refractivity contribution is 0.723. The van der Waals surface area contributed by atoms with Crippen molar-refractivity contribution in [1.82, 2.24) is 0 Å². The van der Waals surface area contributed by atoms with E-state index < -0.39 is 0 Å². The van der Waals surface area contributed by atoms with Crippen LogP contribution < -0.4 is 10.2 Å². The Morgan fingerprint density at radius 1 is 1.29 bits per heavy atom. The van der Waals surface area contributed by atoms with E-state index in [0.29, 0.717) is 6.04 Å². The van der Waals surface area contributed by atoms with E-state index in [9.17, 15) is 0 Å². The van der Waals surface area contributed by atoms with Gasteiger partial charge < -0.3 is 10.2 Å². The van der Waals surface area contributed by atoms with Crippen molar-refractivity contribution in [2.24, 2.45) is 0 Å². The van der Waals surface area contributed by atoms with Gasteiger partial charge in [-0.3, -0.25) is 0 Å². The zero-order valence-corrected chi connectivity index (χ0v) is 10.9. The fourth-order valence-electron chi connectivity index (χ4n) is 2.45. The molecule has 2 aromatic rings. The van der Waals surface area contributed by atoms with Crippen LogP contribution in [0.15, 0.2) is 35.0 Å². The van der Waals surface area contributed by atoms with E-state index in [1.807, 2.05) is 0 Å². The Bertz CT molecular complexity index is 533. The summed E-state index contributed by atoms with van der Waals surface area (Å²) in [5, 5.41) is 8.03. The second-order valence-corrected chi connectivity index (χ2v) is 5.35. The Hall–Kier alpha value is -1.48. The van der Waals surface area contributed by atoms with Crippen molar-refractivity contribution in [3.05, 3.63) is 46.2 Å². The second-order valence-electron chi connectivity index (χ2n) is 4.60. The molecular formula is C14H16N2S. The average Bonchev–Trinajstić information content (AvgIpc) is 2.78. The van der Waals surface area contributed by atoms with E-state index in [0.717, 1.165) is 6.54 Å². The number of nitrogens with one attached hydrogen (secondary N) is 1. The van der Waals surface area contributed by atoms with Crippen LogP contribution in [0.5, 0.6) is 0 Å². The Morgan fingerprint density at radius 2 is 2.12 bits per heavy atom. The molecule has 0 radical (unpaired) electrons. The molecule has 0 spiro atoms. The van der Waals surface area contributed by atoms with Crippen LogP contribution in [0.4, 0.5) is 11.4 Å². The van der Waals surface area contributed by atoms with E-state index in [-0.39, 0.29) is 0 Å². The van der Waals surface area contributed by atoms with Gasteiger partial charge in [0.25, 0.3) is 0 Å². The third-order valence-corrected chi connectivity index (χ3v) is 4.13. The maximum atomic E-state index is 3.63. The van der Waals surface area contributed by atoms with Crippen LogP contribution in [-0.4, -0.2) is 13.6 Å². The molecule has 3 heteroatoms. The number of aryl methyl sites for hydroxylation is 1. The predicted molar refractivity (Wildman–Crippen MR) is 75.1 cm³/mol. The van der Waals surface area contributed by atoms with Crippen LogP contribution in [0.2, 0.25) is 0 Å². The fourth-order valence-corrected chi connectivity index (χ4v) is 3.28. The average molecular weight is 244 g/mol. The first kappa shape index (κ1) is 10.7. The molecule has 0 saturated carbocycles. The summed E-state index contributed by atoms with van der Waals surface area (Å²) in [7, 11) is 2.16. The van der Waals surface area contributed by atoms with Gasteiger partial charge in [-0.15, -0.1) is 11.3 Å². The van der Waals surface area contributed by atoms with Crippen LogP contribution >= 0.6 is 11.3 Å². The van der Waals surface area contributed by atoms with Gasteiger partial charge in [0.05, 0.1) is 17.4 Å². The van der Waals surface area contributed by atoms with Gasteiger partial charge in [-0.05, 0) is 18.1 Å². The van der Waals surface area contributed by atoms with Gasteiger partial charge in [0.1, 0.15) is 0 Å². The highest BCUT2D eigenvalue weighted by atomic mass is 32.1. The maximum Gasteiger partial charge on any atom is 0.0709 e. The molecular weight excluding hydrogens is 228 g/mol. The summed E-state index contributed by atoms with van der Waals surface area (Å²) in [6.07, 6.45) is 0. The molecule has 88 valence electrons. The van der Waals surface area contributed by atoms with Crippen molar-refractivity contribution >= 4 is 22.7 Å². The normalized spacial score (nSPS) is 18.7. The number of nitrogens with zero attached hydrogens (tertiary/aromatic N) is 1. The van der Waals surface area contributed by atoms with Crippen molar-refractivity contribution < 1.29 is 0 Å². The number of hydrogen-bond acceptors (Lipinski definition) is 3.